The van der Waals surface area contributed by atoms with Crippen LogP contribution in [0.2, 0.25) is 0 Å². The number of phosphoric acid groups is 1. The Hall–Kier alpha value is -3.94. The lowest BCUT2D eigenvalue weighted by molar-refractivity contribution is -0.200. The molecular formula is C45H55BrN3O14P. The van der Waals surface area contributed by atoms with Crippen LogP contribution in [0.1, 0.15) is 80.9 Å². The van der Waals surface area contributed by atoms with Crippen LogP contribution in [-0.4, -0.2) is 103 Å². The molecule has 346 valence electrons. The number of nitrogens with one attached hydrogen (secondary N) is 3. The van der Waals surface area contributed by atoms with Crippen molar-refractivity contribution < 1.29 is 67.6 Å². The molecule has 1 heterocycles. The summed E-state index contributed by atoms with van der Waals surface area (Å²) in [6.07, 6.45) is 4.43. The van der Waals surface area contributed by atoms with E-state index < -0.39 is 73.1 Å². The van der Waals surface area contributed by atoms with E-state index >= 15 is 0 Å². The number of carboxylic acid groups (broad SMARTS) is 1. The Kier molecular flexibility index (Phi) is 14.3. The number of carboxylic acids is 1. The van der Waals surface area contributed by atoms with Gasteiger partial charge in [-0.1, -0.05) is 77.8 Å². The molecule has 0 unspecified atom stereocenters. The summed E-state index contributed by atoms with van der Waals surface area (Å²) >= 11 is 3.06. The molecule has 5 aliphatic rings. The van der Waals surface area contributed by atoms with Gasteiger partial charge in [-0.3, -0.25) is 28.5 Å². The minimum Gasteiger partial charge on any atom is -0.481 e. The van der Waals surface area contributed by atoms with E-state index in [4.69, 9.17) is 14.0 Å². The van der Waals surface area contributed by atoms with Gasteiger partial charge in [-0.2, -0.15) is 0 Å². The number of phosphoric ester groups is 1. The first kappa shape index (κ1) is 48.0. The molecule has 4 aliphatic carbocycles. The van der Waals surface area contributed by atoms with Crippen molar-refractivity contribution in [2.24, 2.45) is 28.6 Å². The topological polar surface area (TPSA) is 267 Å². The molecule has 0 spiro atoms. The molecule has 0 bridgehead atoms. The maximum Gasteiger partial charge on any atom is 0.470 e. The van der Waals surface area contributed by atoms with Gasteiger partial charge in [-0.25, -0.2) is 4.57 Å². The van der Waals surface area contributed by atoms with Crippen LogP contribution in [0.15, 0.2) is 66.3 Å². The van der Waals surface area contributed by atoms with Gasteiger partial charge < -0.3 is 50.5 Å². The molecule has 3 saturated carbocycles. The lowest BCUT2D eigenvalue weighted by atomic mass is 9.46. The third-order valence-corrected chi connectivity index (χ3v) is 15.2. The number of ketones is 2. The molecule has 4 fully saturated rings. The number of ether oxygens (including phenoxy) is 2. The van der Waals surface area contributed by atoms with Crippen molar-refractivity contribution in [2.45, 2.75) is 95.5 Å². The van der Waals surface area contributed by atoms with Crippen LogP contribution in [0, 0.1) is 28.6 Å². The number of aliphatic carboxylic acids is 1. The Morgan fingerprint density at radius 1 is 1.06 bits per heavy atom. The number of amides is 2. The van der Waals surface area contributed by atoms with Crippen LogP contribution in [0.5, 0.6) is 0 Å². The number of alkyl halides is 1. The first-order valence-corrected chi connectivity index (χ1v) is 24.1. The predicted octanol–water partition coefficient (Wildman–Crippen LogP) is 3.76. The van der Waals surface area contributed by atoms with Gasteiger partial charge in [0.05, 0.1) is 30.2 Å². The third-order valence-electron chi connectivity index (χ3n) is 14.2. The van der Waals surface area contributed by atoms with Crippen LogP contribution >= 0.6 is 23.8 Å². The van der Waals surface area contributed by atoms with Crippen molar-refractivity contribution in [2.75, 3.05) is 30.3 Å². The molecule has 17 nitrogen and oxygen atoms in total. The number of aliphatic hydroxyl groups excluding tert-OH is 2. The van der Waals surface area contributed by atoms with Crippen molar-refractivity contribution >= 4 is 58.8 Å². The second-order valence-electron chi connectivity index (χ2n) is 17.9. The number of anilines is 1. The largest absolute Gasteiger partial charge is 0.481 e. The molecule has 19 heteroatoms. The number of rotatable bonds is 18. The first-order valence-electron chi connectivity index (χ1n) is 21.4. The number of hydrogen-bond donors (Lipinski definition) is 8. The summed E-state index contributed by atoms with van der Waals surface area (Å²) in [5.74, 6) is -3.02. The smallest absolute Gasteiger partial charge is 0.470 e. The highest BCUT2D eigenvalue weighted by Gasteiger charge is 2.76. The standard InChI is InChI=1S/C45H55BrN3O14P/c1-43-14-13-30(51)19-29(43)8-9-31-32-20-37-45(36(53)24-61-64(58,59)60,44(32,2)21-35(52)40(31)43)63-42(62-37)27-6-3-25(4-7-27)17-26-5-10-33(28(18-26)23-50)49-41(57)34(11-12-39(55)56)47-15-16-48-38(54)22-46/h3-7,10,13-14,18-19,31-32,34-35,37,40,42,47,50,52H,8-9,11-12,15-17,20-24H2,1-2H3,(H,48,54)(H,49,57)(H,55,56)(H2,58,59,60)/t31-,32-,34-,35-,37+,40+,42+,43-,44-,45+/m0/s1. The Balaban J connectivity index is 1.06. The van der Waals surface area contributed by atoms with Gasteiger partial charge in [0, 0.05) is 53.1 Å². The summed E-state index contributed by atoms with van der Waals surface area (Å²) in [7, 11) is -5.04. The van der Waals surface area contributed by atoms with Crippen LogP contribution < -0.4 is 16.0 Å². The number of hydrogen-bond acceptors (Lipinski definition) is 12. The van der Waals surface area contributed by atoms with Crippen molar-refractivity contribution in [3.05, 3.63) is 88.5 Å². The monoisotopic (exact) mass is 971 g/mol. The van der Waals surface area contributed by atoms with Gasteiger partial charge >= 0.3 is 13.8 Å². The summed E-state index contributed by atoms with van der Waals surface area (Å²) in [5.41, 5.74) is 0.802. The molecular weight excluding hydrogens is 917 g/mol. The second-order valence-corrected chi connectivity index (χ2v) is 19.7. The molecule has 2 aromatic carbocycles. The van der Waals surface area contributed by atoms with E-state index in [-0.39, 0.29) is 73.7 Å². The van der Waals surface area contributed by atoms with E-state index in [2.05, 4.69) is 31.9 Å². The fraction of sp³-hybridized carbons (Fsp3) is 0.533. The number of benzene rings is 2. The molecule has 1 saturated heterocycles. The normalized spacial score (nSPS) is 30.9. The van der Waals surface area contributed by atoms with Crippen LogP contribution in [0.3, 0.4) is 0 Å². The van der Waals surface area contributed by atoms with Gasteiger partial charge in [0.1, 0.15) is 6.61 Å². The lowest BCUT2D eigenvalue weighted by Gasteiger charge is -2.59. The summed E-state index contributed by atoms with van der Waals surface area (Å²) in [4.78, 5) is 81.9. The Labute approximate surface area is 378 Å². The summed E-state index contributed by atoms with van der Waals surface area (Å²) < 4.78 is 30.0. The third kappa shape index (κ3) is 9.50. The minimum atomic E-state index is -5.04. The van der Waals surface area contributed by atoms with Gasteiger partial charge in [-0.15, -0.1) is 0 Å². The molecule has 10 atom stereocenters. The number of halogens is 1. The van der Waals surface area contributed by atoms with Crippen LogP contribution in [-0.2, 0) is 55.6 Å². The Morgan fingerprint density at radius 2 is 1.80 bits per heavy atom. The zero-order valence-corrected chi connectivity index (χ0v) is 38.0. The zero-order valence-electron chi connectivity index (χ0n) is 35.5. The Morgan fingerprint density at radius 3 is 2.48 bits per heavy atom. The molecule has 64 heavy (non-hydrogen) atoms. The van der Waals surface area contributed by atoms with Gasteiger partial charge in [0.25, 0.3) is 0 Å². The SMILES string of the molecule is C[C@]12C=CC(=O)C=C1CC[C@@H]1[C@@H]2[C@@H](O)C[C@@]2(C)[C@H]1C[C@H]1O[C@@H](c3ccc(Cc4ccc(NC(=O)[C@H](CCC(=O)O)NCCNC(=O)CBr)c(CO)c4)cc3)O[C@]12C(=O)COP(=O)(O)O. The number of Topliss-reactive ketones (excluding diaryl/α,β-unsaturated/α-hetero) is 1. The molecule has 7 rings (SSSR count). The maximum absolute atomic E-state index is 14.4. The van der Waals surface area contributed by atoms with Gasteiger partial charge in [0.15, 0.2) is 23.5 Å². The number of aliphatic hydroxyl groups is 2. The number of fused-ring (bicyclic) bond motifs is 7. The first-order chi connectivity index (χ1) is 30.3. The van der Waals surface area contributed by atoms with Crippen molar-refractivity contribution in [3.63, 3.8) is 0 Å². The van der Waals surface area contributed by atoms with E-state index in [1.165, 1.54) is 0 Å². The molecule has 0 aromatic heterocycles. The average molecular weight is 973 g/mol. The fourth-order valence-electron chi connectivity index (χ4n) is 11.3. The highest BCUT2D eigenvalue weighted by molar-refractivity contribution is 9.09. The summed E-state index contributed by atoms with van der Waals surface area (Å²) in [5, 5.41) is 40.1. The Bertz CT molecular complexity index is 2270. The highest BCUT2D eigenvalue weighted by atomic mass is 79.9. The number of carbonyl (C=O) groups is 5. The molecule has 1 aliphatic heterocycles. The summed E-state index contributed by atoms with van der Waals surface area (Å²) in [6.45, 7) is 3.09. The summed E-state index contributed by atoms with van der Waals surface area (Å²) in [6, 6.07) is 11.7. The lowest BCUT2D eigenvalue weighted by Crippen LogP contribution is -2.63. The van der Waals surface area contributed by atoms with E-state index in [0.717, 1.165) is 16.7 Å². The van der Waals surface area contributed by atoms with Crippen LogP contribution in [0.25, 0.3) is 0 Å². The van der Waals surface area contributed by atoms with E-state index in [1.54, 1.807) is 42.5 Å². The number of allylic oxidation sites excluding steroid dienone is 4. The fourth-order valence-corrected chi connectivity index (χ4v) is 11.8. The van der Waals surface area contributed by atoms with E-state index in [1.807, 2.05) is 32.1 Å². The maximum atomic E-state index is 14.4. The molecule has 8 N–H and O–H groups in total. The van der Waals surface area contributed by atoms with Gasteiger partial charge in [-0.05, 0) is 79.7 Å². The van der Waals surface area contributed by atoms with Crippen molar-refractivity contribution in [3.8, 4) is 0 Å². The van der Waals surface area contributed by atoms with Crippen LogP contribution in [0.4, 0.5) is 5.69 Å². The van der Waals surface area contributed by atoms with Gasteiger partial charge in [0.2, 0.25) is 11.8 Å². The molecule has 0 radical (unpaired) electrons. The quantitative estimate of drug-likeness (QED) is 0.0601. The zero-order chi connectivity index (χ0) is 46.2. The average Bonchev–Trinajstić information content (AvgIpc) is 3.75. The molecule has 2 aromatic rings. The molecule has 2 amide bonds. The second kappa shape index (κ2) is 19.1. The van der Waals surface area contributed by atoms with Crippen molar-refractivity contribution in [1.82, 2.24) is 10.6 Å². The minimum absolute atomic E-state index is 0.000915. The highest BCUT2D eigenvalue weighted by Crippen LogP contribution is 2.70. The van der Waals surface area contributed by atoms with Crippen molar-refractivity contribution in [1.29, 1.82) is 0 Å². The predicted molar refractivity (Wildman–Crippen MR) is 234 cm³/mol. The van der Waals surface area contributed by atoms with E-state index in [0.29, 0.717) is 42.5 Å². The van der Waals surface area contributed by atoms with E-state index in [9.17, 15) is 53.6 Å². The number of carbonyl (C=O) groups excluding carboxylic acids is 4.